The zero-order valence-corrected chi connectivity index (χ0v) is 11.4. The molecule has 0 aliphatic heterocycles. The van der Waals surface area contributed by atoms with E-state index in [0.29, 0.717) is 26.0 Å². The summed E-state index contributed by atoms with van der Waals surface area (Å²) in [6.07, 6.45) is 1.17. The number of rotatable bonds is 6. The molecule has 0 saturated carbocycles. The molecule has 0 aliphatic rings. The summed E-state index contributed by atoms with van der Waals surface area (Å²) in [6.45, 7) is 7.06. The summed E-state index contributed by atoms with van der Waals surface area (Å²) < 4.78 is 5.51. The molecular formula is C14H22N2O2. The molecule has 18 heavy (non-hydrogen) atoms. The highest BCUT2D eigenvalue weighted by molar-refractivity contribution is 5.91. The maximum absolute atomic E-state index is 11.6. The second-order valence-electron chi connectivity index (χ2n) is 4.31. The zero-order chi connectivity index (χ0) is 13.5. The van der Waals surface area contributed by atoms with Gasteiger partial charge < -0.3 is 15.8 Å². The van der Waals surface area contributed by atoms with Crippen molar-refractivity contribution in [3.8, 4) is 5.75 Å². The molecule has 0 aromatic heterocycles. The van der Waals surface area contributed by atoms with Crippen LogP contribution in [0.4, 0.5) is 5.69 Å². The number of carbonyl (C=O) groups excluding carboxylic acids is 1. The van der Waals surface area contributed by atoms with E-state index in [4.69, 9.17) is 10.5 Å². The summed E-state index contributed by atoms with van der Waals surface area (Å²) in [5, 5.41) is 2.91. The summed E-state index contributed by atoms with van der Waals surface area (Å²) in [5.74, 6) is 0.877. The molecule has 4 nitrogen and oxygen atoms in total. The van der Waals surface area contributed by atoms with Crippen LogP contribution in [-0.4, -0.2) is 19.1 Å². The smallest absolute Gasteiger partial charge is 0.224 e. The highest BCUT2D eigenvalue weighted by atomic mass is 16.5. The van der Waals surface area contributed by atoms with Gasteiger partial charge in [0.05, 0.1) is 6.61 Å². The van der Waals surface area contributed by atoms with Gasteiger partial charge in [-0.1, -0.05) is 0 Å². The van der Waals surface area contributed by atoms with Crippen molar-refractivity contribution >= 4 is 11.6 Å². The number of hydrogen-bond donors (Lipinski definition) is 2. The van der Waals surface area contributed by atoms with E-state index in [1.165, 1.54) is 0 Å². The van der Waals surface area contributed by atoms with Gasteiger partial charge in [-0.2, -0.15) is 0 Å². The Morgan fingerprint density at radius 2 is 2.06 bits per heavy atom. The monoisotopic (exact) mass is 250 g/mol. The largest absolute Gasteiger partial charge is 0.494 e. The standard InChI is InChI=1S/C14H22N2O2/c1-4-18-13-9-10(2)12(8-11(13)3)16-14(17)6-5-7-15/h8-9H,4-7,15H2,1-3H3,(H,16,17). The van der Waals surface area contributed by atoms with Gasteiger partial charge in [-0.15, -0.1) is 0 Å². The van der Waals surface area contributed by atoms with Gasteiger partial charge in [0, 0.05) is 12.1 Å². The Kier molecular flexibility index (Phi) is 5.65. The fourth-order valence-electron chi connectivity index (χ4n) is 1.71. The van der Waals surface area contributed by atoms with Crippen LogP contribution in [0, 0.1) is 13.8 Å². The van der Waals surface area contributed by atoms with Gasteiger partial charge in [-0.3, -0.25) is 4.79 Å². The van der Waals surface area contributed by atoms with Crippen LogP contribution in [-0.2, 0) is 4.79 Å². The van der Waals surface area contributed by atoms with Crippen LogP contribution in [0.15, 0.2) is 12.1 Å². The minimum atomic E-state index is 0.00658. The molecule has 0 aliphatic carbocycles. The van der Waals surface area contributed by atoms with Crippen LogP contribution < -0.4 is 15.8 Å². The normalized spacial score (nSPS) is 10.2. The van der Waals surface area contributed by atoms with E-state index >= 15 is 0 Å². The Morgan fingerprint density at radius 1 is 1.33 bits per heavy atom. The van der Waals surface area contributed by atoms with Gasteiger partial charge >= 0.3 is 0 Å². The molecule has 1 aromatic carbocycles. The lowest BCUT2D eigenvalue weighted by atomic mass is 10.1. The van der Waals surface area contributed by atoms with Crippen molar-refractivity contribution in [1.29, 1.82) is 0 Å². The van der Waals surface area contributed by atoms with Crippen molar-refractivity contribution in [1.82, 2.24) is 0 Å². The first-order valence-corrected chi connectivity index (χ1v) is 6.32. The second-order valence-corrected chi connectivity index (χ2v) is 4.31. The first-order chi connectivity index (χ1) is 8.58. The molecule has 0 unspecified atom stereocenters. The van der Waals surface area contributed by atoms with Crippen LogP contribution in [0.5, 0.6) is 5.75 Å². The van der Waals surface area contributed by atoms with Crippen LogP contribution in [0.25, 0.3) is 0 Å². The molecule has 0 spiro atoms. The van der Waals surface area contributed by atoms with Gasteiger partial charge in [-0.05, 0) is 57.0 Å². The number of ether oxygens (including phenoxy) is 1. The summed E-state index contributed by atoms with van der Waals surface area (Å²) in [7, 11) is 0. The van der Waals surface area contributed by atoms with E-state index in [9.17, 15) is 4.79 Å². The third-order valence-electron chi connectivity index (χ3n) is 2.70. The second kappa shape index (κ2) is 7.01. The zero-order valence-electron chi connectivity index (χ0n) is 11.4. The third-order valence-corrected chi connectivity index (χ3v) is 2.70. The maximum Gasteiger partial charge on any atom is 0.224 e. The number of benzene rings is 1. The summed E-state index contributed by atoms with van der Waals surface area (Å²) >= 11 is 0. The molecule has 1 aromatic rings. The Labute approximate surface area is 109 Å². The highest BCUT2D eigenvalue weighted by Gasteiger charge is 2.08. The summed E-state index contributed by atoms with van der Waals surface area (Å²) in [6, 6.07) is 3.90. The lowest BCUT2D eigenvalue weighted by Crippen LogP contribution is -2.14. The molecule has 0 bridgehead atoms. The molecule has 1 amide bonds. The first kappa shape index (κ1) is 14.5. The fourth-order valence-corrected chi connectivity index (χ4v) is 1.71. The van der Waals surface area contributed by atoms with Crippen LogP contribution in [0.2, 0.25) is 0 Å². The summed E-state index contributed by atoms with van der Waals surface area (Å²) in [4.78, 5) is 11.6. The molecule has 4 heteroatoms. The molecule has 100 valence electrons. The Morgan fingerprint density at radius 3 is 2.67 bits per heavy atom. The molecule has 0 atom stereocenters. The van der Waals surface area contributed by atoms with Gasteiger partial charge in [0.2, 0.25) is 5.91 Å². The average Bonchev–Trinajstić information content (AvgIpc) is 2.33. The number of amides is 1. The van der Waals surface area contributed by atoms with Gasteiger partial charge in [-0.25, -0.2) is 0 Å². The lowest BCUT2D eigenvalue weighted by molar-refractivity contribution is -0.116. The molecule has 3 N–H and O–H groups in total. The van der Waals surface area contributed by atoms with Gasteiger partial charge in [0.15, 0.2) is 0 Å². The van der Waals surface area contributed by atoms with Crippen LogP contribution in [0.3, 0.4) is 0 Å². The molecule has 1 rings (SSSR count). The third kappa shape index (κ3) is 4.04. The topological polar surface area (TPSA) is 64.3 Å². The number of aryl methyl sites for hydroxylation is 2. The van der Waals surface area contributed by atoms with Crippen molar-refractivity contribution in [3.05, 3.63) is 23.3 Å². The number of carbonyl (C=O) groups is 1. The van der Waals surface area contributed by atoms with E-state index in [2.05, 4.69) is 5.32 Å². The van der Waals surface area contributed by atoms with E-state index in [1.54, 1.807) is 0 Å². The van der Waals surface area contributed by atoms with E-state index < -0.39 is 0 Å². The minimum absolute atomic E-state index is 0.00658. The van der Waals surface area contributed by atoms with E-state index in [0.717, 1.165) is 22.6 Å². The van der Waals surface area contributed by atoms with E-state index in [-0.39, 0.29) is 5.91 Å². The highest BCUT2D eigenvalue weighted by Crippen LogP contribution is 2.26. The van der Waals surface area contributed by atoms with Gasteiger partial charge in [0.1, 0.15) is 5.75 Å². The van der Waals surface area contributed by atoms with Gasteiger partial charge in [0.25, 0.3) is 0 Å². The average molecular weight is 250 g/mol. The number of anilines is 1. The molecule has 0 saturated heterocycles. The minimum Gasteiger partial charge on any atom is -0.494 e. The van der Waals surface area contributed by atoms with Crippen molar-refractivity contribution in [2.24, 2.45) is 5.73 Å². The Balaban J connectivity index is 2.78. The predicted octanol–water partition coefficient (Wildman–Crippen LogP) is 2.38. The molecular weight excluding hydrogens is 228 g/mol. The van der Waals surface area contributed by atoms with Crippen molar-refractivity contribution in [2.45, 2.75) is 33.6 Å². The fraction of sp³-hybridized carbons (Fsp3) is 0.500. The lowest BCUT2D eigenvalue weighted by Gasteiger charge is -2.13. The molecule has 0 radical (unpaired) electrons. The SMILES string of the molecule is CCOc1cc(C)c(NC(=O)CCCN)cc1C. The van der Waals surface area contributed by atoms with Crippen molar-refractivity contribution < 1.29 is 9.53 Å². The molecule has 0 fully saturated rings. The Hall–Kier alpha value is -1.55. The van der Waals surface area contributed by atoms with Crippen molar-refractivity contribution in [2.75, 3.05) is 18.5 Å². The van der Waals surface area contributed by atoms with Crippen LogP contribution in [0.1, 0.15) is 30.9 Å². The predicted molar refractivity (Wildman–Crippen MR) is 74.0 cm³/mol. The first-order valence-electron chi connectivity index (χ1n) is 6.32. The van der Waals surface area contributed by atoms with Crippen LogP contribution >= 0.6 is 0 Å². The van der Waals surface area contributed by atoms with Crippen molar-refractivity contribution in [3.63, 3.8) is 0 Å². The molecule has 0 heterocycles. The maximum atomic E-state index is 11.6. The number of nitrogens with one attached hydrogen (secondary N) is 1. The number of nitrogens with two attached hydrogens (primary N) is 1. The Bertz CT molecular complexity index is 417. The number of hydrogen-bond acceptors (Lipinski definition) is 3. The van der Waals surface area contributed by atoms with E-state index in [1.807, 2.05) is 32.9 Å². The quantitative estimate of drug-likeness (QED) is 0.814. The summed E-state index contributed by atoms with van der Waals surface area (Å²) in [5.41, 5.74) is 8.26.